The average molecular weight is 584 g/mol. The summed E-state index contributed by atoms with van der Waals surface area (Å²) in [5.41, 5.74) is 4.60. The Balaban J connectivity index is 1.54. The van der Waals surface area contributed by atoms with E-state index in [1.165, 1.54) is 5.56 Å². The van der Waals surface area contributed by atoms with Crippen LogP contribution in [-0.4, -0.2) is 9.97 Å². The number of aromatic nitrogens is 2. The number of benzene rings is 2. The summed E-state index contributed by atoms with van der Waals surface area (Å²) in [5, 5.41) is 0. The molecule has 0 saturated heterocycles. The maximum Gasteiger partial charge on any atom is 0.237 e. The first-order valence-electron chi connectivity index (χ1n) is 7.82. The van der Waals surface area contributed by atoms with Crippen molar-refractivity contribution in [1.82, 2.24) is 9.97 Å². The molecule has 128 valence electrons. The fraction of sp³-hybridized carbons (Fsp3) is 0.0526. The highest BCUT2D eigenvalue weighted by Gasteiger charge is 2.15. The van der Waals surface area contributed by atoms with Crippen molar-refractivity contribution in [2.75, 3.05) is 0 Å². The summed E-state index contributed by atoms with van der Waals surface area (Å²) in [5.74, 6) is 1.26. The zero-order chi connectivity index (χ0) is 17.7. The third kappa shape index (κ3) is 2.95. The summed E-state index contributed by atoms with van der Waals surface area (Å²) < 4.78 is 13.9. The van der Waals surface area contributed by atoms with Crippen LogP contribution in [0, 0.1) is 3.57 Å². The van der Waals surface area contributed by atoms with E-state index < -0.39 is 0 Å². The van der Waals surface area contributed by atoms with E-state index in [1.807, 2.05) is 36.4 Å². The standard InChI is InChI=1S/C19H10I2N2O2S/c20-9-10-1-3-14-12(7-10)22-18(24-14)16-5-6-17(26-16)19-23-13-8-11(21)2-4-15(13)25-19/h1-8H,9H2. The molecule has 3 aromatic heterocycles. The van der Waals surface area contributed by atoms with Gasteiger partial charge in [0.15, 0.2) is 11.2 Å². The van der Waals surface area contributed by atoms with E-state index >= 15 is 0 Å². The van der Waals surface area contributed by atoms with Gasteiger partial charge in [-0.1, -0.05) is 28.7 Å². The molecule has 0 radical (unpaired) electrons. The van der Waals surface area contributed by atoms with E-state index in [1.54, 1.807) is 11.3 Å². The molecule has 3 heterocycles. The maximum atomic E-state index is 5.92. The van der Waals surface area contributed by atoms with Gasteiger partial charge in [-0.3, -0.25) is 0 Å². The van der Waals surface area contributed by atoms with Crippen molar-refractivity contribution in [1.29, 1.82) is 0 Å². The number of thiophene rings is 1. The third-order valence-corrected chi connectivity index (χ3v) is 6.60. The first-order valence-corrected chi connectivity index (χ1v) is 11.2. The van der Waals surface area contributed by atoms with Gasteiger partial charge >= 0.3 is 0 Å². The van der Waals surface area contributed by atoms with Crippen molar-refractivity contribution >= 4 is 78.7 Å². The van der Waals surface area contributed by atoms with Crippen LogP contribution in [0.5, 0.6) is 0 Å². The SMILES string of the molecule is ICc1ccc2oc(-c3ccc(-c4nc5cc(I)ccc5o4)s3)nc2c1. The number of hydrogen-bond donors (Lipinski definition) is 0. The molecule has 0 aliphatic rings. The normalized spacial score (nSPS) is 11.6. The lowest BCUT2D eigenvalue weighted by molar-refractivity contribution is 0.621. The molecule has 0 amide bonds. The van der Waals surface area contributed by atoms with Crippen molar-refractivity contribution < 1.29 is 8.83 Å². The van der Waals surface area contributed by atoms with Crippen molar-refractivity contribution in [3.8, 4) is 21.5 Å². The molecule has 4 nitrogen and oxygen atoms in total. The van der Waals surface area contributed by atoms with Crippen LogP contribution in [0.4, 0.5) is 0 Å². The minimum atomic E-state index is 0.626. The molecule has 2 aromatic carbocycles. The molecule has 0 fully saturated rings. The van der Waals surface area contributed by atoms with Gasteiger partial charge in [-0.2, -0.15) is 0 Å². The summed E-state index contributed by atoms with van der Waals surface area (Å²) in [7, 11) is 0. The van der Waals surface area contributed by atoms with E-state index in [9.17, 15) is 0 Å². The highest BCUT2D eigenvalue weighted by atomic mass is 127. The molecule has 0 bridgehead atoms. The fourth-order valence-corrected chi connectivity index (χ4v) is 4.54. The molecular formula is C19H10I2N2O2S. The molecule has 5 rings (SSSR count). The van der Waals surface area contributed by atoms with E-state index in [0.717, 1.165) is 40.0 Å². The lowest BCUT2D eigenvalue weighted by Crippen LogP contribution is -1.76. The number of hydrogen-bond acceptors (Lipinski definition) is 5. The number of alkyl halides is 1. The maximum absolute atomic E-state index is 5.92. The smallest absolute Gasteiger partial charge is 0.237 e. The topological polar surface area (TPSA) is 52.1 Å². The molecule has 0 aliphatic carbocycles. The van der Waals surface area contributed by atoms with E-state index in [0.29, 0.717) is 11.8 Å². The Labute approximate surface area is 179 Å². The lowest BCUT2D eigenvalue weighted by Gasteiger charge is -1.91. The largest absolute Gasteiger partial charge is 0.435 e. The molecule has 26 heavy (non-hydrogen) atoms. The minimum Gasteiger partial charge on any atom is -0.435 e. The zero-order valence-electron chi connectivity index (χ0n) is 13.2. The van der Waals surface area contributed by atoms with Crippen molar-refractivity contribution in [2.45, 2.75) is 4.43 Å². The number of fused-ring (bicyclic) bond motifs is 2. The van der Waals surface area contributed by atoms with Crippen LogP contribution in [0.2, 0.25) is 0 Å². The molecule has 0 N–H and O–H groups in total. The molecule has 0 atom stereocenters. The number of rotatable bonds is 3. The van der Waals surface area contributed by atoms with Gasteiger partial charge in [-0.15, -0.1) is 11.3 Å². The van der Waals surface area contributed by atoms with Gasteiger partial charge < -0.3 is 8.83 Å². The molecule has 0 aliphatic heterocycles. The second-order valence-corrected chi connectivity index (χ2v) is 8.84. The van der Waals surface area contributed by atoms with Gasteiger partial charge in [0.05, 0.1) is 9.75 Å². The van der Waals surface area contributed by atoms with Crippen molar-refractivity contribution in [2.24, 2.45) is 0 Å². The van der Waals surface area contributed by atoms with Crippen LogP contribution in [-0.2, 0) is 4.43 Å². The minimum absolute atomic E-state index is 0.626. The van der Waals surface area contributed by atoms with Gasteiger partial charge in [-0.05, 0) is 70.6 Å². The van der Waals surface area contributed by atoms with Crippen molar-refractivity contribution in [3.05, 3.63) is 57.7 Å². The molecule has 0 saturated carbocycles. The van der Waals surface area contributed by atoms with E-state index in [-0.39, 0.29) is 0 Å². The summed E-state index contributed by atoms with van der Waals surface area (Å²) in [6, 6.07) is 16.1. The molecule has 5 aromatic rings. The number of halogens is 2. The zero-order valence-corrected chi connectivity index (χ0v) is 18.3. The second-order valence-electron chi connectivity index (χ2n) is 5.75. The fourth-order valence-electron chi connectivity index (χ4n) is 2.74. The first kappa shape index (κ1) is 16.7. The lowest BCUT2D eigenvalue weighted by atomic mass is 10.2. The summed E-state index contributed by atoms with van der Waals surface area (Å²) in [6.45, 7) is 0. The molecular weight excluding hydrogens is 574 g/mol. The highest BCUT2D eigenvalue weighted by Crippen LogP contribution is 2.36. The van der Waals surface area contributed by atoms with E-state index in [4.69, 9.17) is 8.83 Å². The monoisotopic (exact) mass is 584 g/mol. The van der Waals surface area contributed by atoms with Gasteiger partial charge in [-0.25, -0.2) is 9.97 Å². The van der Waals surface area contributed by atoms with Crippen LogP contribution >= 0.6 is 56.5 Å². The molecule has 0 unspecified atom stereocenters. The Morgan fingerprint density at radius 2 is 1.42 bits per heavy atom. The summed E-state index contributed by atoms with van der Waals surface area (Å²) in [6.07, 6.45) is 0. The Hall–Kier alpha value is -1.46. The van der Waals surface area contributed by atoms with Gasteiger partial charge in [0.2, 0.25) is 11.8 Å². The van der Waals surface area contributed by atoms with Gasteiger partial charge in [0, 0.05) is 8.00 Å². The van der Waals surface area contributed by atoms with Crippen LogP contribution in [0.25, 0.3) is 43.7 Å². The van der Waals surface area contributed by atoms with Crippen LogP contribution in [0.1, 0.15) is 5.56 Å². The van der Waals surface area contributed by atoms with Crippen LogP contribution in [0.15, 0.2) is 57.4 Å². The summed E-state index contributed by atoms with van der Waals surface area (Å²) in [4.78, 5) is 11.2. The van der Waals surface area contributed by atoms with Gasteiger partial charge in [0.1, 0.15) is 11.0 Å². The predicted molar refractivity (Wildman–Crippen MR) is 121 cm³/mol. The first-order chi connectivity index (χ1) is 12.7. The van der Waals surface area contributed by atoms with E-state index in [2.05, 4.69) is 67.3 Å². The predicted octanol–water partition coefficient (Wildman–Crippen LogP) is 6.90. The Morgan fingerprint density at radius 3 is 2.08 bits per heavy atom. The number of oxazole rings is 2. The molecule has 0 spiro atoms. The van der Waals surface area contributed by atoms with Crippen LogP contribution in [0.3, 0.4) is 0 Å². The van der Waals surface area contributed by atoms with Crippen molar-refractivity contribution in [3.63, 3.8) is 0 Å². The Kier molecular flexibility index (Phi) is 4.24. The Bertz CT molecular complexity index is 1260. The second kappa shape index (κ2) is 6.61. The van der Waals surface area contributed by atoms with Crippen LogP contribution < -0.4 is 0 Å². The summed E-state index contributed by atoms with van der Waals surface area (Å²) >= 11 is 6.19. The third-order valence-electron chi connectivity index (χ3n) is 3.98. The van der Waals surface area contributed by atoms with Gasteiger partial charge in [0.25, 0.3) is 0 Å². The Morgan fingerprint density at radius 1 is 0.808 bits per heavy atom. The highest BCUT2D eigenvalue weighted by molar-refractivity contribution is 14.1. The molecule has 7 heteroatoms. The number of nitrogens with zero attached hydrogens (tertiary/aromatic N) is 2. The average Bonchev–Trinajstić information content (AvgIpc) is 3.36. The quantitative estimate of drug-likeness (QED) is 0.171.